The van der Waals surface area contributed by atoms with Crippen LogP contribution in [-0.4, -0.2) is 75.5 Å². The van der Waals surface area contributed by atoms with Gasteiger partial charge in [-0.1, -0.05) is 24.3 Å². The fraction of sp³-hybridized carbons (Fsp3) is 0.481. The molecule has 6 nitrogen and oxygen atoms in total. The quantitative estimate of drug-likeness (QED) is 0.588. The van der Waals surface area contributed by atoms with Crippen molar-refractivity contribution in [3.05, 3.63) is 72.1 Å². The molecule has 0 spiro atoms. The molecule has 0 bridgehead atoms. The lowest BCUT2D eigenvalue weighted by atomic mass is 9.93. The summed E-state index contributed by atoms with van der Waals surface area (Å²) in [6, 6.07) is 10.2. The highest BCUT2D eigenvalue weighted by molar-refractivity contribution is 5.78. The van der Waals surface area contributed by atoms with E-state index in [1.807, 2.05) is 43.2 Å². The summed E-state index contributed by atoms with van der Waals surface area (Å²) in [5.41, 5.74) is 2.99. The summed E-state index contributed by atoms with van der Waals surface area (Å²) in [5.74, 6) is 0.372. The van der Waals surface area contributed by atoms with Gasteiger partial charge in [-0.05, 0) is 56.5 Å². The molecule has 2 aromatic rings. The van der Waals surface area contributed by atoms with Crippen LogP contribution < -0.4 is 0 Å². The van der Waals surface area contributed by atoms with E-state index in [4.69, 9.17) is 0 Å². The molecule has 3 atom stereocenters. The monoisotopic (exact) mass is 450 g/mol. The molecule has 1 fully saturated rings. The number of nitrogens with zero attached hydrogens (tertiary/aromatic N) is 4. The van der Waals surface area contributed by atoms with E-state index in [2.05, 4.69) is 47.3 Å². The van der Waals surface area contributed by atoms with Gasteiger partial charge in [-0.15, -0.1) is 6.58 Å². The second-order valence-corrected chi connectivity index (χ2v) is 9.00. The number of aromatic nitrogens is 1. The summed E-state index contributed by atoms with van der Waals surface area (Å²) in [4.78, 5) is 24.0. The van der Waals surface area contributed by atoms with Crippen LogP contribution in [-0.2, 0) is 11.2 Å². The predicted octanol–water partition coefficient (Wildman–Crippen LogP) is 3.87. The van der Waals surface area contributed by atoms with Crippen molar-refractivity contribution in [2.75, 3.05) is 32.7 Å². The molecular formula is C27H38N4O2. The van der Waals surface area contributed by atoms with Crippen molar-refractivity contribution in [2.45, 2.75) is 52.2 Å². The van der Waals surface area contributed by atoms with Crippen LogP contribution in [0.4, 0.5) is 0 Å². The number of phenolic OH excluding ortho intramolecular Hbond substituents is 1. The number of rotatable bonds is 9. The Morgan fingerprint density at radius 3 is 2.61 bits per heavy atom. The van der Waals surface area contributed by atoms with E-state index in [0.29, 0.717) is 31.6 Å². The molecule has 33 heavy (non-hydrogen) atoms. The molecule has 2 heterocycles. The molecule has 1 aromatic heterocycles. The largest absolute Gasteiger partial charge is 0.508 e. The Morgan fingerprint density at radius 1 is 1.18 bits per heavy atom. The Balaban J connectivity index is 1.96. The number of piperazine rings is 1. The zero-order valence-corrected chi connectivity index (χ0v) is 20.4. The molecular weight excluding hydrogens is 412 g/mol. The first-order valence-electron chi connectivity index (χ1n) is 12.0. The average molecular weight is 451 g/mol. The number of aromatic hydroxyl groups is 1. The lowest BCUT2D eigenvalue weighted by molar-refractivity contribution is -0.130. The number of pyridine rings is 1. The lowest BCUT2D eigenvalue weighted by Gasteiger charge is -2.47. The van der Waals surface area contributed by atoms with E-state index < -0.39 is 0 Å². The fourth-order valence-corrected chi connectivity index (χ4v) is 4.89. The maximum absolute atomic E-state index is 12.7. The van der Waals surface area contributed by atoms with Gasteiger partial charge < -0.3 is 10.0 Å². The molecule has 1 N–H and O–H groups in total. The van der Waals surface area contributed by atoms with Gasteiger partial charge in [-0.25, -0.2) is 0 Å². The maximum Gasteiger partial charge on any atom is 0.227 e. The van der Waals surface area contributed by atoms with Crippen LogP contribution in [0.25, 0.3) is 0 Å². The third kappa shape index (κ3) is 6.01. The van der Waals surface area contributed by atoms with Crippen molar-refractivity contribution in [3.63, 3.8) is 0 Å². The SMILES string of the molecule is C=CCN1C[C@H](C)N([C@H](c2cccc(O)c2)c2cncc(CC(=O)N(CC)CC)c2)C[C@H]1C. The maximum atomic E-state index is 12.7. The van der Waals surface area contributed by atoms with Crippen molar-refractivity contribution in [3.8, 4) is 5.75 Å². The van der Waals surface area contributed by atoms with Crippen LogP contribution in [0, 0.1) is 0 Å². The van der Waals surface area contributed by atoms with Crippen molar-refractivity contribution in [2.24, 2.45) is 0 Å². The summed E-state index contributed by atoms with van der Waals surface area (Å²) < 4.78 is 0. The number of hydrogen-bond donors (Lipinski definition) is 1. The molecule has 0 aliphatic carbocycles. The Morgan fingerprint density at radius 2 is 1.94 bits per heavy atom. The van der Waals surface area contributed by atoms with Crippen molar-refractivity contribution < 1.29 is 9.90 Å². The van der Waals surface area contributed by atoms with Crippen LogP contribution >= 0.6 is 0 Å². The van der Waals surface area contributed by atoms with Gasteiger partial charge in [0.2, 0.25) is 5.91 Å². The number of likely N-dealkylation sites (N-methyl/N-ethyl adjacent to an activating group) is 1. The van der Waals surface area contributed by atoms with Crippen molar-refractivity contribution >= 4 is 5.91 Å². The van der Waals surface area contributed by atoms with Crippen LogP contribution in [0.15, 0.2) is 55.4 Å². The number of carbonyl (C=O) groups is 1. The van der Waals surface area contributed by atoms with Crippen LogP contribution in [0.1, 0.15) is 50.4 Å². The highest BCUT2D eigenvalue weighted by Crippen LogP contribution is 2.34. The summed E-state index contributed by atoms with van der Waals surface area (Å²) in [6.07, 6.45) is 5.99. The van der Waals surface area contributed by atoms with E-state index in [9.17, 15) is 9.90 Å². The zero-order chi connectivity index (χ0) is 24.0. The summed E-state index contributed by atoms with van der Waals surface area (Å²) >= 11 is 0. The van der Waals surface area contributed by atoms with Gasteiger partial charge in [0.05, 0.1) is 12.5 Å². The molecule has 0 radical (unpaired) electrons. The van der Waals surface area contributed by atoms with Gasteiger partial charge in [0.25, 0.3) is 0 Å². The number of carbonyl (C=O) groups excluding carboxylic acids is 1. The Hall–Kier alpha value is -2.70. The summed E-state index contributed by atoms with van der Waals surface area (Å²) in [7, 11) is 0. The number of hydrogen-bond acceptors (Lipinski definition) is 5. The molecule has 1 amide bonds. The van der Waals surface area contributed by atoms with Crippen LogP contribution in [0.3, 0.4) is 0 Å². The first-order valence-corrected chi connectivity index (χ1v) is 12.0. The highest BCUT2D eigenvalue weighted by Gasteiger charge is 2.34. The van der Waals surface area contributed by atoms with Gasteiger partial charge in [0.15, 0.2) is 0 Å². The average Bonchev–Trinajstić information content (AvgIpc) is 2.78. The second-order valence-electron chi connectivity index (χ2n) is 9.00. The normalized spacial score (nSPS) is 20.4. The van der Waals surface area contributed by atoms with Crippen LogP contribution in [0.5, 0.6) is 5.75 Å². The molecule has 0 saturated carbocycles. The van der Waals surface area contributed by atoms with Gasteiger partial charge in [0.1, 0.15) is 5.75 Å². The second kappa shape index (κ2) is 11.4. The van der Waals surface area contributed by atoms with E-state index in [0.717, 1.165) is 36.3 Å². The Bertz CT molecular complexity index is 943. The summed E-state index contributed by atoms with van der Waals surface area (Å²) in [6.45, 7) is 16.5. The van der Waals surface area contributed by atoms with Gasteiger partial charge in [-0.3, -0.25) is 19.6 Å². The van der Waals surface area contributed by atoms with Gasteiger partial charge in [-0.2, -0.15) is 0 Å². The first kappa shape index (κ1) is 24.9. The lowest BCUT2D eigenvalue weighted by Crippen LogP contribution is -2.57. The Labute approximate surface area is 198 Å². The Kier molecular flexibility index (Phi) is 8.64. The third-order valence-corrected chi connectivity index (χ3v) is 6.65. The van der Waals surface area contributed by atoms with E-state index >= 15 is 0 Å². The molecule has 1 aliphatic rings. The molecule has 0 unspecified atom stereocenters. The van der Waals surface area contributed by atoms with E-state index in [1.54, 1.807) is 12.3 Å². The van der Waals surface area contributed by atoms with Crippen LogP contribution in [0.2, 0.25) is 0 Å². The highest BCUT2D eigenvalue weighted by atomic mass is 16.3. The standard InChI is InChI=1S/C27H38N4O2/c1-6-12-30-18-21(5)31(19-20(30)4)27(23-10-9-11-25(32)15-23)24-13-22(16-28-17-24)14-26(33)29(7-2)8-3/h6,9-11,13,15-17,20-21,27,32H,1,7-8,12,14,18-19H2,2-5H3/t20-,21+,27-/m1/s1. The van der Waals surface area contributed by atoms with Gasteiger partial charge in [0, 0.05) is 57.2 Å². The summed E-state index contributed by atoms with van der Waals surface area (Å²) in [5, 5.41) is 10.2. The first-order chi connectivity index (χ1) is 15.9. The number of benzene rings is 1. The minimum absolute atomic E-state index is 0.0589. The molecule has 1 saturated heterocycles. The smallest absolute Gasteiger partial charge is 0.227 e. The molecule has 6 heteroatoms. The zero-order valence-electron chi connectivity index (χ0n) is 20.4. The van der Waals surface area contributed by atoms with Crippen molar-refractivity contribution in [1.82, 2.24) is 19.7 Å². The predicted molar refractivity (Wildman–Crippen MR) is 133 cm³/mol. The minimum atomic E-state index is -0.0589. The fourth-order valence-electron chi connectivity index (χ4n) is 4.89. The number of phenols is 1. The third-order valence-electron chi connectivity index (χ3n) is 6.65. The molecule has 178 valence electrons. The topological polar surface area (TPSA) is 59.9 Å². The van der Waals surface area contributed by atoms with E-state index in [1.165, 1.54) is 0 Å². The van der Waals surface area contributed by atoms with Gasteiger partial charge >= 0.3 is 0 Å². The molecule has 3 rings (SSSR count). The molecule has 1 aromatic carbocycles. The van der Waals surface area contributed by atoms with E-state index in [-0.39, 0.29) is 17.7 Å². The molecule has 1 aliphatic heterocycles. The van der Waals surface area contributed by atoms with Crippen molar-refractivity contribution in [1.29, 1.82) is 0 Å². The minimum Gasteiger partial charge on any atom is -0.508 e. The number of amides is 1.